The minimum absolute atomic E-state index is 0.133. The van der Waals surface area contributed by atoms with E-state index in [-0.39, 0.29) is 17.6 Å². The van der Waals surface area contributed by atoms with Gasteiger partial charge in [0.1, 0.15) is 16.5 Å². The summed E-state index contributed by atoms with van der Waals surface area (Å²) in [5, 5.41) is 2.40. The number of aryl methyl sites for hydroxylation is 1. The Kier molecular flexibility index (Phi) is 4.63. The van der Waals surface area contributed by atoms with Crippen molar-refractivity contribution in [1.29, 1.82) is 0 Å². The number of hydrogen-bond acceptors (Lipinski definition) is 3. The highest BCUT2D eigenvalue weighted by molar-refractivity contribution is 8.00. The average Bonchev–Trinajstić information content (AvgIpc) is 3.18. The third-order valence-corrected chi connectivity index (χ3v) is 7.61. The molecule has 2 aliphatic heterocycles. The lowest BCUT2D eigenvalue weighted by molar-refractivity contribution is -0.125. The Morgan fingerprint density at radius 2 is 1.65 bits per heavy atom. The van der Waals surface area contributed by atoms with Crippen molar-refractivity contribution >= 4 is 29.3 Å². The fraction of sp³-hybridized carbons (Fsp3) is 0.200. The summed E-state index contributed by atoms with van der Waals surface area (Å²) in [5.74, 6) is -0.688. The van der Waals surface area contributed by atoms with E-state index in [0.29, 0.717) is 5.56 Å². The zero-order valence-corrected chi connectivity index (χ0v) is 17.9. The standard InChI is InChI=1S/C25H21FN2O2S/c1-15-7-13-18(14-8-15)31-22-23(29)27-21(16-9-11-17(26)12-10-16)25(22)19-5-3-4-6-20(19)28(2)24(25)30/h3-14,21-22H,1-2H3,(H,27,29). The van der Waals surface area contributed by atoms with Crippen LogP contribution in [-0.2, 0) is 15.0 Å². The Labute approximate surface area is 184 Å². The second-order valence-corrected chi connectivity index (χ2v) is 9.23. The van der Waals surface area contributed by atoms with Crippen LogP contribution in [0.25, 0.3) is 0 Å². The minimum atomic E-state index is -1.13. The van der Waals surface area contributed by atoms with Gasteiger partial charge in [-0.1, -0.05) is 48.0 Å². The molecule has 3 atom stereocenters. The van der Waals surface area contributed by atoms with Crippen LogP contribution < -0.4 is 10.2 Å². The first-order valence-electron chi connectivity index (χ1n) is 10.1. The Hall–Kier alpha value is -3.12. The summed E-state index contributed by atoms with van der Waals surface area (Å²) >= 11 is 1.40. The van der Waals surface area contributed by atoms with Gasteiger partial charge < -0.3 is 10.2 Å². The number of carbonyl (C=O) groups excluding carboxylic acids is 2. The monoisotopic (exact) mass is 432 g/mol. The molecule has 0 bridgehead atoms. The van der Waals surface area contributed by atoms with E-state index in [1.165, 1.54) is 23.9 Å². The zero-order chi connectivity index (χ0) is 21.8. The van der Waals surface area contributed by atoms with Crippen LogP contribution in [-0.4, -0.2) is 24.1 Å². The number of thioether (sulfide) groups is 1. The van der Waals surface area contributed by atoms with Crippen LogP contribution in [0, 0.1) is 12.7 Å². The van der Waals surface area contributed by atoms with Crippen LogP contribution >= 0.6 is 11.8 Å². The number of para-hydroxylation sites is 1. The third kappa shape index (κ3) is 2.89. The average molecular weight is 433 g/mol. The van der Waals surface area contributed by atoms with Crippen LogP contribution in [0.15, 0.2) is 77.7 Å². The van der Waals surface area contributed by atoms with Gasteiger partial charge in [-0.2, -0.15) is 0 Å². The van der Waals surface area contributed by atoms with Crippen LogP contribution in [0.4, 0.5) is 10.1 Å². The molecule has 1 fully saturated rings. The number of likely N-dealkylation sites (N-methyl/N-ethyl adjacent to an activating group) is 1. The van der Waals surface area contributed by atoms with Crippen LogP contribution in [0.1, 0.15) is 22.7 Å². The van der Waals surface area contributed by atoms with E-state index in [2.05, 4.69) is 5.32 Å². The molecule has 2 heterocycles. The first kappa shape index (κ1) is 19.8. The molecule has 3 unspecified atom stereocenters. The number of nitrogens with one attached hydrogen (secondary N) is 1. The quantitative estimate of drug-likeness (QED) is 0.668. The molecule has 0 aromatic heterocycles. The fourth-order valence-electron chi connectivity index (χ4n) is 4.74. The number of rotatable bonds is 3. The van der Waals surface area contributed by atoms with Crippen LogP contribution in [0.2, 0.25) is 0 Å². The highest BCUT2D eigenvalue weighted by Crippen LogP contribution is 2.57. The van der Waals surface area contributed by atoms with Crippen molar-refractivity contribution in [1.82, 2.24) is 5.32 Å². The summed E-state index contributed by atoms with van der Waals surface area (Å²) in [6.07, 6.45) is 0. The molecule has 31 heavy (non-hydrogen) atoms. The number of carbonyl (C=O) groups is 2. The van der Waals surface area contributed by atoms with Gasteiger partial charge in [-0.05, 0) is 48.4 Å². The summed E-state index contributed by atoms with van der Waals surface area (Å²) in [6.45, 7) is 2.01. The highest BCUT2D eigenvalue weighted by atomic mass is 32.2. The molecule has 1 spiro atoms. The van der Waals surface area contributed by atoms with E-state index in [9.17, 15) is 14.0 Å². The van der Waals surface area contributed by atoms with Crippen molar-refractivity contribution in [3.8, 4) is 0 Å². The van der Waals surface area contributed by atoms with E-state index in [0.717, 1.165) is 21.7 Å². The van der Waals surface area contributed by atoms with Gasteiger partial charge in [-0.25, -0.2) is 4.39 Å². The van der Waals surface area contributed by atoms with Gasteiger partial charge in [-0.15, -0.1) is 11.8 Å². The smallest absolute Gasteiger partial charge is 0.241 e. The Morgan fingerprint density at radius 3 is 2.35 bits per heavy atom. The van der Waals surface area contributed by atoms with Crippen molar-refractivity contribution in [2.45, 2.75) is 28.5 Å². The lowest BCUT2D eigenvalue weighted by Gasteiger charge is -2.33. The molecule has 3 aromatic carbocycles. The Bertz CT molecular complexity index is 1180. The number of hydrogen-bond donors (Lipinski definition) is 1. The molecule has 0 aliphatic carbocycles. The normalized spacial score (nSPS) is 24.5. The van der Waals surface area contributed by atoms with Gasteiger partial charge in [0.15, 0.2) is 0 Å². The second kappa shape index (κ2) is 7.24. The fourth-order valence-corrected chi connectivity index (χ4v) is 6.03. The predicted molar refractivity (Wildman–Crippen MR) is 120 cm³/mol. The molecule has 0 radical (unpaired) electrons. The molecule has 2 aliphatic rings. The van der Waals surface area contributed by atoms with E-state index >= 15 is 0 Å². The molecule has 0 saturated carbocycles. The predicted octanol–water partition coefficient (Wildman–Crippen LogP) is 4.38. The van der Waals surface area contributed by atoms with Crippen LogP contribution in [0.3, 0.4) is 0 Å². The maximum absolute atomic E-state index is 13.9. The molecule has 6 heteroatoms. The summed E-state index contributed by atoms with van der Waals surface area (Å²) in [7, 11) is 1.74. The number of anilines is 1. The zero-order valence-electron chi connectivity index (χ0n) is 17.1. The number of halogens is 1. The van der Waals surface area contributed by atoms with E-state index in [1.807, 2.05) is 55.5 Å². The van der Waals surface area contributed by atoms with Gasteiger partial charge in [0, 0.05) is 17.6 Å². The Balaban J connectivity index is 1.71. The number of amides is 2. The lowest BCUT2D eigenvalue weighted by Crippen LogP contribution is -2.48. The molecule has 2 amide bonds. The summed E-state index contributed by atoms with van der Waals surface area (Å²) in [4.78, 5) is 29.8. The topological polar surface area (TPSA) is 49.4 Å². The number of fused-ring (bicyclic) bond motifs is 2. The van der Waals surface area contributed by atoms with Crippen molar-refractivity contribution in [3.63, 3.8) is 0 Å². The first-order chi connectivity index (χ1) is 14.9. The molecule has 156 valence electrons. The van der Waals surface area contributed by atoms with E-state index < -0.39 is 16.7 Å². The van der Waals surface area contributed by atoms with Gasteiger partial charge in [0.25, 0.3) is 0 Å². The van der Waals surface area contributed by atoms with Gasteiger partial charge >= 0.3 is 0 Å². The van der Waals surface area contributed by atoms with E-state index in [4.69, 9.17) is 0 Å². The SMILES string of the molecule is Cc1ccc(SC2C(=O)NC(c3ccc(F)cc3)C23C(=O)N(C)c2ccccc23)cc1. The molecule has 1 N–H and O–H groups in total. The largest absolute Gasteiger partial charge is 0.347 e. The van der Waals surface area contributed by atoms with Gasteiger partial charge in [0.05, 0.1) is 6.04 Å². The van der Waals surface area contributed by atoms with Crippen LogP contribution in [0.5, 0.6) is 0 Å². The Morgan fingerprint density at radius 1 is 0.968 bits per heavy atom. The maximum atomic E-state index is 13.9. The molecular formula is C25H21FN2O2S. The summed E-state index contributed by atoms with van der Waals surface area (Å²) in [6, 6.07) is 21.0. The molecular weight excluding hydrogens is 411 g/mol. The summed E-state index contributed by atoms with van der Waals surface area (Å²) in [5.41, 5.74) is 2.32. The van der Waals surface area contributed by atoms with E-state index in [1.54, 1.807) is 24.1 Å². The summed E-state index contributed by atoms with van der Waals surface area (Å²) < 4.78 is 13.6. The van der Waals surface area contributed by atoms with Crippen molar-refractivity contribution < 1.29 is 14.0 Å². The minimum Gasteiger partial charge on any atom is -0.347 e. The van der Waals surface area contributed by atoms with Gasteiger partial charge in [0.2, 0.25) is 11.8 Å². The van der Waals surface area contributed by atoms with Crippen molar-refractivity contribution in [3.05, 3.63) is 95.3 Å². The molecule has 4 nitrogen and oxygen atoms in total. The highest BCUT2D eigenvalue weighted by Gasteiger charge is 2.66. The third-order valence-electron chi connectivity index (χ3n) is 6.24. The molecule has 1 saturated heterocycles. The van der Waals surface area contributed by atoms with Crippen molar-refractivity contribution in [2.24, 2.45) is 0 Å². The molecule has 3 aromatic rings. The number of benzene rings is 3. The first-order valence-corrected chi connectivity index (χ1v) is 11.0. The lowest BCUT2D eigenvalue weighted by atomic mass is 9.72. The maximum Gasteiger partial charge on any atom is 0.241 e. The molecule has 5 rings (SSSR count). The van der Waals surface area contributed by atoms with Gasteiger partial charge in [-0.3, -0.25) is 9.59 Å². The van der Waals surface area contributed by atoms with Crippen molar-refractivity contribution in [2.75, 3.05) is 11.9 Å². The second-order valence-electron chi connectivity index (χ2n) is 8.05. The number of nitrogens with zero attached hydrogens (tertiary/aromatic N) is 1.